The molecule has 1 rings (SSSR count). The van der Waals surface area contributed by atoms with Gasteiger partial charge in [-0.25, -0.2) is 0 Å². The van der Waals surface area contributed by atoms with Gasteiger partial charge in [-0.2, -0.15) is 0 Å². The zero-order chi connectivity index (χ0) is 10.2. The van der Waals surface area contributed by atoms with Crippen molar-refractivity contribution in [3.05, 3.63) is 0 Å². The van der Waals surface area contributed by atoms with E-state index in [2.05, 4.69) is 29.0 Å². The Bertz CT molecular complexity index is 130. The maximum atomic E-state index is 3.38. The van der Waals surface area contributed by atoms with Gasteiger partial charge in [0.25, 0.3) is 0 Å². The fourth-order valence-corrected chi connectivity index (χ4v) is 1.97. The van der Waals surface area contributed by atoms with Crippen LogP contribution in [0, 0.1) is 0 Å². The molecule has 0 spiro atoms. The SMILES string of the molecule is CCCN1CCN(CCNCC)CC1. The van der Waals surface area contributed by atoms with E-state index >= 15 is 0 Å². The quantitative estimate of drug-likeness (QED) is 0.633. The van der Waals surface area contributed by atoms with Gasteiger partial charge in [0.05, 0.1) is 0 Å². The summed E-state index contributed by atoms with van der Waals surface area (Å²) in [5, 5.41) is 3.38. The molecular weight excluding hydrogens is 174 g/mol. The minimum absolute atomic E-state index is 1.09. The van der Waals surface area contributed by atoms with Crippen molar-refractivity contribution in [2.75, 3.05) is 52.4 Å². The first-order valence-corrected chi connectivity index (χ1v) is 6.02. The predicted octanol–water partition coefficient (Wildman–Crippen LogP) is 0.624. The summed E-state index contributed by atoms with van der Waals surface area (Å²) >= 11 is 0. The van der Waals surface area contributed by atoms with Gasteiger partial charge in [-0.3, -0.25) is 4.90 Å². The molecule has 0 aliphatic carbocycles. The molecule has 14 heavy (non-hydrogen) atoms. The molecule has 0 atom stereocenters. The lowest BCUT2D eigenvalue weighted by molar-refractivity contribution is 0.133. The zero-order valence-corrected chi connectivity index (χ0v) is 9.76. The van der Waals surface area contributed by atoms with E-state index in [1.807, 2.05) is 0 Å². The molecule has 1 aliphatic heterocycles. The van der Waals surface area contributed by atoms with Crippen molar-refractivity contribution in [2.24, 2.45) is 0 Å². The molecule has 1 saturated heterocycles. The van der Waals surface area contributed by atoms with Gasteiger partial charge in [-0.1, -0.05) is 13.8 Å². The monoisotopic (exact) mass is 199 g/mol. The third kappa shape index (κ3) is 4.40. The highest BCUT2D eigenvalue weighted by atomic mass is 15.3. The highest BCUT2D eigenvalue weighted by molar-refractivity contribution is 4.71. The van der Waals surface area contributed by atoms with E-state index in [-0.39, 0.29) is 0 Å². The number of piperazine rings is 1. The Balaban J connectivity index is 2.03. The molecule has 0 aromatic heterocycles. The first-order valence-electron chi connectivity index (χ1n) is 6.02. The fourth-order valence-electron chi connectivity index (χ4n) is 1.97. The van der Waals surface area contributed by atoms with E-state index in [0.29, 0.717) is 0 Å². The second-order valence-corrected chi connectivity index (χ2v) is 4.04. The van der Waals surface area contributed by atoms with Crippen LogP contribution in [-0.4, -0.2) is 62.2 Å². The van der Waals surface area contributed by atoms with E-state index in [0.717, 1.165) is 13.1 Å². The van der Waals surface area contributed by atoms with Crippen LogP contribution in [0.15, 0.2) is 0 Å². The highest BCUT2D eigenvalue weighted by Crippen LogP contribution is 2.01. The normalized spacial score (nSPS) is 20.1. The first-order chi connectivity index (χ1) is 6.86. The largest absolute Gasteiger partial charge is 0.316 e. The fraction of sp³-hybridized carbons (Fsp3) is 1.00. The van der Waals surface area contributed by atoms with E-state index in [9.17, 15) is 0 Å². The maximum absolute atomic E-state index is 3.38. The molecule has 0 amide bonds. The molecule has 0 bridgehead atoms. The van der Waals surface area contributed by atoms with Crippen LogP contribution >= 0.6 is 0 Å². The first kappa shape index (κ1) is 12.0. The molecule has 1 fully saturated rings. The summed E-state index contributed by atoms with van der Waals surface area (Å²) in [6, 6.07) is 0. The molecule has 0 saturated carbocycles. The van der Waals surface area contributed by atoms with Crippen LogP contribution in [-0.2, 0) is 0 Å². The molecule has 0 unspecified atom stereocenters. The lowest BCUT2D eigenvalue weighted by Gasteiger charge is -2.34. The van der Waals surface area contributed by atoms with E-state index in [4.69, 9.17) is 0 Å². The number of rotatable bonds is 6. The van der Waals surface area contributed by atoms with Gasteiger partial charge in [0.15, 0.2) is 0 Å². The van der Waals surface area contributed by atoms with Gasteiger partial charge < -0.3 is 10.2 Å². The minimum Gasteiger partial charge on any atom is -0.316 e. The van der Waals surface area contributed by atoms with Gasteiger partial charge in [-0.05, 0) is 19.5 Å². The zero-order valence-electron chi connectivity index (χ0n) is 9.76. The van der Waals surface area contributed by atoms with Crippen LogP contribution in [0.5, 0.6) is 0 Å². The number of likely N-dealkylation sites (N-methyl/N-ethyl adjacent to an activating group) is 1. The average Bonchev–Trinajstić information content (AvgIpc) is 2.21. The Morgan fingerprint density at radius 3 is 2.00 bits per heavy atom. The Labute approximate surface area is 88.5 Å². The summed E-state index contributed by atoms with van der Waals surface area (Å²) in [5.41, 5.74) is 0. The van der Waals surface area contributed by atoms with Crippen molar-refractivity contribution in [1.82, 2.24) is 15.1 Å². The van der Waals surface area contributed by atoms with Crippen molar-refractivity contribution in [1.29, 1.82) is 0 Å². The standard InChI is InChI=1S/C11H25N3/c1-3-6-13-8-10-14(11-9-13)7-5-12-4-2/h12H,3-11H2,1-2H3. The predicted molar refractivity (Wildman–Crippen MR) is 61.7 cm³/mol. The van der Waals surface area contributed by atoms with Gasteiger partial charge in [0.2, 0.25) is 0 Å². The average molecular weight is 199 g/mol. The number of hydrogen-bond acceptors (Lipinski definition) is 3. The van der Waals surface area contributed by atoms with E-state index in [1.54, 1.807) is 0 Å². The third-order valence-corrected chi connectivity index (χ3v) is 2.86. The maximum Gasteiger partial charge on any atom is 0.0110 e. The molecular formula is C11H25N3. The summed E-state index contributed by atoms with van der Waals surface area (Å²) in [6.07, 6.45) is 1.29. The van der Waals surface area contributed by atoms with E-state index < -0.39 is 0 Å². The van der Waals surface area contributed by atoms with Crippen LogP contribution < -0.4 is 5.32 Å². The van der Waals surface area contributed by atoms with Crippen molar-refractivity contribution >= 4 is 0 Å². The molecule has 3 nitrogen and oxygen atoms in total. The molecule has 0 aromatic rings. The smallest absolute Gasteiger partial charge is 0.0110 e. The summed E-state index contributed by atoms with van der Waals surface area (Å²) < 4.78 is 0. The molecule has 1 aliphatic rings. The summed E-state index contributed by atoms with van der Waals surface area (Å²) in [4.78, 5) is 5.14. The Hall–Kier alpha value is -0.120. The second kappa shape index (κ2) is 7.21. The summed E-state index contributed by atoms with van der Waals surface area (Å²) in [6.45, 7) is 14.2. The van der Waals surface area contributed by atoms with Crippen molar-refractivity contribution in [3.63, 3.8) is 0 Å². The molecule has 84 valence electrons. The lowest BCUT2D eigenvalue weighted by Crippen LogP contribution is -2.48. The van der Waals surface area contributed by atoms with Crippen molar-refractivity contribution in [3.8, 4) is 0 Å². The molecule has 1 heterocycles. The second-order valence-electron chi connectivity index (χ2n) is 4.04. The summed E-state index contributed by atoms with van der Waals surface area (Å²) in [5.74, 6) is 0. The molecule has 3 heteroatoms. The van der Waals surface area contributed by atoms with Gasteiger partial charge in [0, 0.05) is 39.3 Å². The van der Waals surface area contributed by atoms with Gasteiger partial charge in [-0.15, -0.1) is 0 Å². The Kier molecular flexibility index (Phi) is 6.15. The van der Waals surface area contributed by atoms with Crippen LogP contribution in [0.1, 0.15) is 20.3 Å². The minimum atomic E-state index is 1.09. The van der Waals surface area contributed by atoms with Crippen molar-refractivity contribution < 1.29 is 0 Å². The highest BCUT2D eigenvalue weighted by Gasteiger charge is 2.14. The van der Waals surface area contributed by atoms with Crippen molar-refractivity contribution in [2.45, 2.75) is 20.3 Å². The Morgan fingerprint density at radius 2 is 1.50 bits per heavy atom. The molecule has 1 N–H and O–H groups in total. The number of nitrogens with zero attached hydrogens (tertiary/aromatic N) is 2. The van der Waals surface area contributed by atoms with Gasteiger partial charge in [0.1, 0.15) is 0 Å². The summed E-state index contributed by atoms with van der Waals surface area (Å²) in [7, 11) is 0. The van der Waals surface area contributed by atoms with Crippen LogP contribution in [0.25, 0.3) is 0 Å². The van der Waals surface area contributed by atoms with Crippen LogP contribution in [0.4, 0.5) is 0 Å². The Morgan fingerprint density at radius 1 is 0.929 bits per heavy atom. The molecule has 0 aromatic carbocycles. The molecule has 0 radical (unpaired) electrons. The van der Waals surface area contributed by atoms with Gasteiger partial charge >= 0.3 is 0 Å². The number of hydrogen-bond donors (Lipinski definition) is 1. The van der Waals surface area contributed by atoms with Crippen LogP contribution in [0.2, 0.25) is 0 Å². The topological polar surface area (TPSA) is 18.5 Å². The van der Waals surface area contributed by atoms with Crippen LogP contribution in [0.3, 0.4) is 0 Å². The van der Waals surface area contributed by atoms with E-state index in [1.165, 1.54) is 45.7 Å². The lowest BCUT2D eigenvalue weighted by atomic mass is 10.3. The third-order valence-electron chi connectivity index (χ3n) is 2.86. The number of nitrogens with one attached hydrogen (secondary N) is 1.